The van der Waals surface area contributed by atoms with Gasteiger partial charge in [0.05, 0.1) is 21.3 Å². The number of nitrogens with one attached hydrogen (secondary N) is 1. The van der Waals surface area contributed by atoms with Gasteiger partial charge in [-0.25, -0.2) is 4.98 Å². The zero-order valence-corrected chi connectivity index (χ0v) is 18.3. The lowest BCUT2D eigenvalue weighted by atomic mass is 10.1. The van der Waals surface area contributed by atoms with Crippen LogP contribution in [-0.2, 0) is 4.79 Å². The van der Waals surface area contributed by atoms with E-state index in [-0.39, 0.29) is 30.7 Å². The number of aromatic nitrogens is 1. The van der Waals surface area contributed by atoms with Crippen molar-refractivity contribution < 1.29 is 19.1 Å². The molecule has 4 aromatic rings. The van der Waals surface area contributed by atoms with Crippen LogP contribution in [0, 0.1) is 0 Å². The maximum absolute atomic E-state index is 12.4. The van der Waals surface area contributed by atoms with Gasteiger partial charge in [0.1, 0.15) is 11.5 Å². The number of carbonyl (C=O) groups excluding carboxylic acids is 3. The zero-order valence-electron chi connectivity index (χ0n) is 17.5. The molecule has 2 heterocycles. The second-order valence-electron chi connectivity index (χ2n) is 7.52. The fourth-order valence-electron chi connectivity index (χ4n) is 3.67. The van der Waals surface area contributed by atoms with E-state index in [1.165, 1.54) is 16.2 Å². The van der Waals surface area contributed by atoms with Crippen molar-refractivity contribution in [1.29, 1.82) is 0 Å². The molecule has 0 aliphatic carbocycles. The van der Waals surface area contributed by atoms with Gasteiger partial charge < -0.3 is 10.1 Å². The van der Waals surface area contributed by atoms with E-state index in [4.69, 9.17) is 4.74 Å². The molecule has 1 aliphatic heterocycles. The van der Waals surface area contributed by atoms with E-state index in [9.17, 15) is 14.4 Å². The van der Waals surface area contributed by atoms with Gasteiger partial charge in [0.25, 0.3) is 11.8 Å². The SMILES string of the molecule is O=C(CCCN1C(=O)c2ccccc2C1=O)Nc1nc2ccc(Oc3ccccc3)cc2s1. The fourth-order valence-corrected chi connectivity index (χ4v) is 4.58. The maximum atomic E-state index is 12.4. The van der Waals surface area contributed by atoms with Crippen molar-refractivity contribution in [2.24, 2.45) is 0 Å². The van der Waals surface area contributed by atoms with E-state index >= 15 is 0 Å². The van der Waals surface area contributed by atoms with Crippen LogP contribution < -0.4 is 10.1 Å². The highest BCUT2D eigenvalue weighted by Gasteiger charge is 2.34. The molecule has 0 saturated carbocycles. The van der Waals surface area contributed by atoms with Gasteiger partial charge in [-0.05, 0) is 42.8 Å². The highest BCUT2D eigenvalue weighted by molar-refractivity contribution is 7.22. The first-order chi connectivity index (χ1) is 16.1. The number of anilines is 1. The third kappa shape index (κ3) is 4.33. The monoisotopic (exact) mass is 457 g/mol. The number of amides is 3. The van der Waals surface area contributed by atoms with Crippen LogP contribution >= 0.6 is 11.3 Å². The van der Waals surface area contributed by atoms with Gasteiger partial charge in [0, 0.05) is 19.0 Å². The molecule has 0 fully saturated rings. The molecule has 3 amide bonds. The number of benzene rings is 3. The van der Waals surface area contributed by atoms with Crippen LogP contribution in [0.5, 0.6) is 11.5 Å². The van der Waals surface area contributed by atoms with Crippen LogP contribution in [0.2, 0.25) is 0 Å². The van der Waals surface area contributed by atoms with Gasteiger partial charge >= 0.3 is 0 Å². The molecule has 0 unspecified atom stereocenters. The van der Waals surface area contributed by atoms with Gasteiger partial charge in [-0.2, -0.15) is 0 Å². The van der Waals surface area contributed by atoms with Crippen LogP contribution in [0.25, 0.3) is 10.2 Å². The van der Waals surface area contributed by atoms with Crippen molar-refractivity contribution >= 4 is 44.4 Å². The lowest BCUT2D eigenvalue weighted by molar-refractivity contribution is -0.116. The maximum Gasteiger partial charge on any atom is 0.261 e. The number of para-hydroxylation sites is 1. The molecule has 0 saturated heterocycles. The third-order valence-electron chi connectivity index (χ3n) is 5.25. The molecule has 7 nitrogen and oxygen atoms in total. The van der Waals surface area contributed by atoms with E-state index < -0.39 is 0 Å². The Labute approximate surface area is 193 Å². The molecule has 8 heteroatoms. The molecule has 1 aromatic heterocycles. The third-order valence-corrected chi connectivity index (χ3v) is 6.18. The molecule has 1 N–H and O–H groups in total. The first-order valence-corrected chi connectivity index (χ1v) is 11.3. The number of thiazole rings is 1. The van der Waals surface area contributed by atoms with Crippen molar-refractivity contribution in [3.8, 4) is 11.5 Å². The largest absolute Gasteiger partial charge is 0.457 e. The average molecular weight is 458 g/mol. The Morgan fingerprint density at radius 3 is 2.33 bits per heavy atom. The van der Waals surface area contributed by atoms with Gasteiger partial charge in [-0.3, -0.25) is 19.3 Å². The smallest absolute Gasteiger partial charge is 0.261 e. The van der Waals surface area contributed by atoms with Crippen molar-refractivity contribution in [3.05, 3.63) is 83.9 Å². The number of carbonyl (C=O) groups is 3. The van der Waals surface area contributed by atoms with E-state index in [2.05, 4.69) is 10.3 Å². The summed E-state index contributed by atoms with van der Waals surface area (Å²) in [7, 11) is 0. The Kier molecular flexibility index (Phi) is 5.58. The number of imide groups is 1. The first kappa shape index (κ1) is 20.8. The van der Waals surface area contributed by atoms with E-state index in [1.807, 2.05) is 48.5 Å². The minimum Gasteiger partial charge on any atom is -0.457 e. The standard InChI is InChI=1S/C25H19N3O4S/c29-22(11-6-14-28-23(30)18-9-4-5-10-19(18)24(28)31)27-25-26-20-13-12-17(15-21(20)33-25)32-16-7-2-1-3-8-16/h1-5,7-10,12-13,15H,6,11,14H2,(H,26,27,29). The van der Waals surface area contributed by atoms with Crippen LogP contribution in [0.1, 0.15) is 33.6 Å². The number of nitrogens with zero attached hydrogens (tertiary/aromatic N) is 2. The Balaban J connectivity index is 1.17. The van der Waals surface area contributed by atoms with Crippen LogP contribution in [0.15, 0.2) is 72.8 Å². The van der Waals surface area contributed by atoms with Crippen LogP contribution in [-0.4, -0.2) is 34.2 Å². The molecule has 1 aliphatic rings. The van der Waals surface area contributed by atoms with Crippen molar-refractivity contribution in [2.75, 3.05) is 11.9 Å². The number of hydrogen-bond donors (Lipinski definition) is 1. The number of rotatable bonds is 7. The molecule has 0 bridgehead atoms. The van der Waals surface area contributed by atoms with Crippen molar-refractivity contribution in [3.63, 3.8) is 0 Å². The van der Waals surface area contributed by atoms with Crippen molar-refractivity contribution in [1.82, 2.24) is 9.88 Å². The Hall–Kier alpha value is -4.04. The molecule has 0 spiro atoms. The second kappa shape index (κ2) is 8.84. The normalized spacial score (nSPS) is 12.8. The molecular weight excluding hydrogens is 438 g/mol. The summed E-state index contributed by atoms with van der Waals surface area (Å²) in [4.78, 5) is 42.8. The van der Waals surface area contributed by atoms with Gasteiger partial charge in [-0.15, -0.1) is 0 Å². The number of ether oxygens (including phenoxy) is 1. The number of fused-ring (bicyclic) bond motifs is 2. The fraction of sp³-hybridized carbons (Fsp3) is 0.120. The minimum absolute atomic E-state index is 0.172. The molecule has 5 rings (SSSR count). The minimum atomic E-state index is -0.310. The first-order valence-electron chi connectivity index (χ1n) is 10.5. The predicted molar refractivity (Wildman–Crippen MR) is 126 cm³/mol. The quantitative estimate of drug-likeness (QED) is 0.390. The lowest BCUT2D eigenvalue weighted by Gasteiger charge is -2.13. The Bertz CT molecular complexity index is 1330. The lowest BCUT2D eigenvalue weighted by Crippen LogP contribution is -2.31. The van der Waals surface area contributed by atoms with E-state index in [0.717, 1.165) is 16.0 Å². The van der Waals surface area contributed by atoms with E-state index in [0.29, 0.717) is 28.4 Å². The summed E-state index contributed by atoms with van der Waals surface area (Å²) in [6, 6.07) is 21.8. The van der Waals surface area contributed by atoms with Gasteiger partial charge in [-0.1, -0.05) is 41.7 Å². The molecule has 33 heavy (non-hydrogen) atoms. The molecule has 0 atom stereocenters. The summed E-state index contributed by atoms with van der Waals surface area (Å²) < 4.78 is 6.74. The van der Waals surface area contributed by atoms with E-state index in [1.54, 1.807) is 24.3 Å². The highest BCUT2D eigenvalue weighted by atomic mass is 32.1. The summed E-state index contributed by atoms with van der Waals surface area (Å²) in [5.74, 6) is 0.599. The average Bonchev–Trinajstić information content (AvgIpc) is 3.33. The molecule has 3 aromatic carbocycles. The Morgan fingerprint density at radius 2 is 1.61 bits per heavy atom. The molecule has 164 valence electrons. The van der Waals surface area contributed by atoms with Gasteiger partial charge in [0.2, 0.25) is 5.91 Å². The van der Waals surface area contributed by atoms with Crippen LogP contribution in [0.3, 0.4) is 0 Å². The number of hydrogen-bond acceptors (Lipinski definition) is 6. The summed E-state index contributed by atoms with van der Waals surface area (Å²) in [6.45, 7) is 0.194. The second-order valence-corrected chi connectivity index (χ2v) is 8.55. The predicted octanol–water partition coefficient (Wildman–Crippen LogP) is 5.10. The molecular formula is C25H19N3O4S. The highest BCUT2D eigenvalue weighted by Crippen LogP contribution is 2.31. The summed E-state index contributed by atoms with van der Waals surface area (Å²) in [5, 5.41) is 3.30. The Morgan fingerprint density at radius 1 is 0.909 bits per heavy atom. The topological polar surface area (TPSA) is 88.6 Å². The molecule has 0 radical (unpaired) electrons. The van der Waals surface area contributed by atoms with Crippen LogP contribution in [0.4, 0.5) is 5.13 Å². The van der Waals surface area contributed by atoms with Crippen molar-refractivity contribution in [2.45, 2.75) is 12.8 Å². The summed E-state index contributed by atoms with van der Waals surface area (Å²) in [5.41, 5.74) is 1.59. The summed E-state index contributed by atoms with van der Waals surface area (Å²) in [6.07, 6.45) is 0.545. The van der Waals surface area contributed by atoms with Gasteiger partial charge in [0.15, 0.2) is 5.13 Å². The summed E-state index contributed by atoms with van der Waals surface area (Å²) >= 11 is 1.36. The zero-order chi connectivity index (χ0) is 22.8.